The molecule has 5 nitrogen and oxygen atoms in total. The number of pyridine rings is 1. The van der Waals surface area contributed by atoms with Crippen LogP contribution in [0.4, 0.5) is 11.5 Å². The average Bonchev–Trinajstić information content (AvgIpc) is 2.93. The van der Waals surface area contributed by atoms with Gasteiger partial charge >= 0.3 is 0 Å². The molecule has 104 valence electrons. The van der Waals surface area contributed by atoms with E-state index in [1.807, 2.05) is 19.2 Å². The maximum Gasteiger partial charge on any atom is 0.224 e. The fraction of sp³-hybridized carbons (Fsp3) is 0.357. The molecule has 0 aliphatic carbocycles. The minimum absolute atomic E-state index is 0.239. The summed E-state index contributed by atoms with van der Waals surface area (Å²) in [5.74, 6) is 0.730. The van der Waals surface area contributed by atoms with Crippen LogP contribution >= 0.6 is 11.6 Å². The average molecular weight is 290 g/mol. The van der Waals surface area contributed by atoms with Crippen molar-refractivity contribution < 1.29 is 0 Å². The van der Waals surface area contributed by atoms with Crippen LogP contribution < -0.4 is 10.6 Å². The van der Waals surface area contributed by atoms with E-state index in [1.165, 1.54) is 5.56 Å². The van der Waals surface area contributed by atoms with E-state index in [0.29, 0.717) is 5.69 Å². The molecule has 3 heterocycles. The summed E-state index contributed by atoms with van der Waals surface area (Å²) in [5, 5.41) is 0.239. The third kappa shape index (κ3) is 2.29. The molecule has 1 fully saturated rings. The number of hydrogen-bond donors (Lipinski definition) is 1. The molecule has 1 atom stereocenters. The third-order valence-corrected chi connectivity index (χ3v) is 3.85. The molecule has 20 heavy (non-hydrogen) atoms. The van der Waals surface area contributed by atoms with Gasteiger partial charge in [-0.2, -0.15) is 4.98 Å². The molecular weight excluding hydrogens is 274 g/mol. The molecule has 0 radical (unpaired) electrons. The van der Waals surface area contributed by atoms with Crippen LogP contribution in [-0.2, 0) is 0 Å². The summed E-state index contributed by atoms with van der Waals surface area (Å²) in [6.07, 6.45) is 5.84. The predicted molar refractivity (Wildman–Crippen MR) is 79.7 cm³/mol. The summed E-state index contributed by atoms with van der Waals surface area (Å²) in [6, 6.07) is 4.28. The topological polar surface area (TPSA) is 67.9 Å². The van der Waals surface area contributed by atoms with Crippen LogP contribution in [0.25, 0.3) is 0 Å². The van der Waals surface area contributed by atoms with Crippen LogP contribution in [0.15, 0.2) is 24.5 Å². The number of halogens is 1. The van der Waals surface area contributed by atoms with E-state index in [0.717, 1.165) is 30.9 Å². The Morgan fingerprint density at radius 3 is 3.00 bits per heavy atom. The molecular formula is C14H16ClN5. The molecule has 0 spiro atoms. The molecule has 3 rings (SSSR count). The standard InChI is InChI=1S/C14H16ClN5/c1-9-12(16)13(19-14(15)18-9)20-7-3-5-11(20)10-4-2-6-17-8-10/h2,4,6,8,11H,3,5,7,16H2,1H3. The third-order valence-electron chi connectivity index (χ3n) is 3.68. The molecule has 1 aliphatic rings. The molecule has 2 aromatic heterocycles. The van der Waals surface area contributed by atoms with Gasteiger partial charge in [-0.25, -0.2) is 4.98 Å². The van der Waals surface area contributed by atoms with Crippen molar-refractivity contribution in [2.24, 2.45) is 0 Å². The lowest BCUT2D eigenvalue weighted by Gasteiger charge is -2.27. The second-order valence-electron chi connectivity index (χ2n) is 4.95. The van der Waals surface area contributed by atoms with Crippen LogP contribution in [0.1, 0.15) is 30.1 Å². The highest BCUT2D eigenvalue weighted by Gasteiger charge is 2.29. The van der Waals surface area contributed by atoms with E-state index in [2.05, 4.69) is 25.9 Å². The molecule has 1 saturated heterocycles. The van der Waals surface area contributed by atoms with E-state index in [-0.39, 0.29) is 11.3 Å². The quantitative estimate of drug-likeness (QED) is 0.861. The maximum atomic E-state index is 6.13. The minimum atomic E-state index is 0.239. The van der Waals surface area contributed by atoms with Gasteiger partial charge in [0.25, 0.3) is 0 Å². The first-order valence-electron chi connectivity index (χ1n) is 6.63. The zero-order valence-corrected chi connectivity index (χ0v) is 12.0. The van der Waals surface area contributed by atoms with Crippen molar-refractivity contribution in [3.05, 3.63) is 41.1 Å². The van der Waals surface area contributed by atoms with Crippen molar-refractivity contribution in [1.29, 1.82) is 0 Å². The molecule has 1 aliphatic heterocycles. The summed E-state index contributed by atoms with van der Waals surface area (Å²) in [4.78, 5) is 14.8. The zero-order valence-electron chi connectivity index (χ0n) is 11.3. The van der Waals surface area contributed by atoms with E-state index in [9.17, 15) is 0 Å². The molecule has 0 saturated carbocycles. The van der Waals surface area contributed by atoms with Crippen molar-refractivity contribution in [2.75, 3.05) is 17.2 Å². The Labute approximate surface area is 122 Å². The molecule has 0 bridgehead atoms. The van der Waals surface area contributed by atoms with Crippen LogP contribution in [0.5, 0.6) is 0 Å². The van der Waals surface area contributed by atoms with Gasteiger partial charge < -0.3 is 10.6 Å². The van der Waals surface area contributed by atoms with Crippen molar-refractivity contribution in [3.8, 4) is 0 Å². The van der Waals surface area contributed by atoms with Crippen LogP contribution in [-0.4, -0.2) is 21.5 Å². The number of nitrogens with zero attached hydrogens (tertiary/aromatic N) is 4. The van der Waals surface area contributed by atoms with E-state index < -0.39 is 0 Å². The Balaban J connectivity index is 2.01. The smallest absolute Gasteiger partial charge is 0.224 e. The van der Waals surface area contributed by atoms with Gasteiger partial charge in [-0.3, -0.25) is 4.98 Å². The lowest BCUT2D eigenvalue weighted by atomic mass is 10.1. The Kier molecular flexibility index (Phi) is 3.44. The van der Waals surface area contributed by atoms with Gasteiger partial charge in [-0.1, -0.05) is 6.07 Å². The summed E-state index contributed by atoms with van der Waals surface area (Å²) >= 11 is 5.98. The maximum absolute atomic E-state index is 6.13. The van der Waals surface area contributed by atoms with E-state index in [4.69, 9.17) is 17.3 Å². The van der Waals surface area contributed by atoms with Crippen molar-refractivity contribution >= 4 is 23.1 Å². The first-order chi connectivity index (χ1) is 9.66. The summed E-state index contributed by atoms with van der Waals surface area (Å²) < 4.78 is 0. The van der Waals surface area contributed by atoms with Crippen molar-refractivity contribution in [3.63, 3.8) is 0 Å². The van der Waals surface area contributed by atoms with Crippen LogP contribution in [0, 0.1) is 6.92 Å². The van der Waals surface area contributed by atoms with Gasteiger partial charge in [0.15, 0.2) is 5.82 Å². The number of aromatic nitrogens is 3. The van der Waals surface area contributed by atoms with E-state index in [1.54, 1.807) is 6.20 Å². The Morgan fingerprint density at radius 1 is 1.40 bits per heavy atom. The Bertz CT molecular complexity index is 616. The first-order valence-corrected chi connectivity index (χ1v) is 7.01. The number of anilines is 2. The zero-order chi connectivity index (χ0) is 14.1. The van der Waals surface area contributed by atoms with Gasteiger partial charge in [-0.15, -0.1) is 0 Å². The molecule has 0 amide bonds. The number of nitrogen functional groups attached to an aromatic ring is 1. The molecule has 2 aromatic rings. The number of nitrogens with two attached hydrogens (primary N) is 1. The Morgan fingerprint density at radius 2 is 2.25 bits per heavy atom. The normalized spacial score (nSPS) is 18.5. The highest BCUT2D eigenvalue weighted by Crippen LogP contribution is 2.38. The summed E-state index contributed by atoms with van der Waals surface area (Å²) in [5.41, 5.74) is 8.63. The monoisotopic (exact) mass is 289 g/mol. The SMILES string of the molecule is Cc1nc(Cl)nc(N2CCCC2c2cccnc2)c1N. The lowest BCUT2D eigenvalue weighted by Crippen LogP contribution is -2.25. The molecule has 0 aromatic carbocycles. The number of hydrogen-bond acceptors (Lipinski definition) is 5. The second kappa shape index (κ2) is 5.25. The molecule has 2 N–H and O–H groups in total. The summed E-state index contributed by atoms with van der Waals surface area (Å²) in [7, 11) is 0. The van der Waals surface area contributed by atoms with Crippen LogP contribution in [0.3, 0.4) is 0 Å². The van der Waals surface area contributed by atoms with Gasteiger partial charge in [0.2, 0.25) is 5.28 Å². The fourth-order valence-electron chi connectivity index (χ4n) is 2.69. The molecule has 6 heteroatoms. The first kappa shape index (κ1) is 13.1. The molecule has 1 unspecified atom stereocenters. The van der Waals surface area contributed by atoms with Gasteiger partial charge in [-0.05, 0) is 43.0 Å². The largest absolute Gasteiger partial charge is 0.394 e. The number of aryl methyl sites for hydroxylation is 1. The van der Waals surface area contributed by atoms with E-state index >= 15 is 0 Å². The second-order valence-corrected chi connectivity index (χ2v) is 5.29. The van der Waals surface area contributed by atoms with Crippen molar-refractivity contribution in [1.82, 2.24) is 15.0 Å². The van der Waals surface area contributed by atoms with Crippen LogP contribution in [0.2, 0.25) is 5.28 Å². The number of rotatable bonds is 2. The fourth-order valence-corrected chi connectivity index (χ4v) is 2.90. The lowest BCUT2D eigenvalue weighted by molar-refractivity contribution is 0.707. The van der Waals surface area contributed by atoms with Gasteiger partial charge in [0, 0.05) is 18.9 Å². The highest BCUT2D eigenvalue weighted by molar-refractivity contribution is 6.28. The Hall–Kier alpha value is -1.88. The van der Waals surface area contributed by atoms with Gasteiger partial charge in [0.05, 0.1) is 17.4 Å². The van der Waals surface area contributed by atoms with Crippen molar-refractivity contribution in [2.45, 2.75) is 25.8 Å². The van der Waals surface area contributed by atoms with Gasteiger partial charge in [0.1, 0.15) is 0 Å². The minimum Gasteiger partial charge on any atom is -0.394 e. The summed E-state index contributed by atoms with van der Waals surface area (Å²) in [6.45, 7) is 2.76. The predicted octanol–water partition coefficient (Wildman–Crippen LogP) is 2.76. The highest BCUT2D eigenvalue weighted by atomic mass is 35.5.